The van der Waals surface area contributed by atoms with Crippen LogP contribution in [0.5, 0.6) is 0 Å². The van der Waals surface area contributed by atoms with E-state index in [1.807, 2.05) is 0 Å². The van der Waals surface area contributed by atoms with E-state index in [0.717, 1.165) is 0 Å². The van der Waals surface area contributed by atoms with E-state index in [0.29, 0.717) is 10.0 Å². The molecule has 1 aromatic rings. The number of hydrogen-bond donors (Lipinski definition) is 1. The van der Waals surface area contributed by atoms with Crippen LogP contribution in [0.15, 0.2) is 22.7 Å². The first-order valence-electron chi connectivity index (χ1n) is 5.50. The molecule has 0 amide bonds. The molecule has 0 atom stereocenters. The molecular formula is C11H12BrF3N2O2. The Hall–Kier alpha value is -1.15. The van der Waals surface area contributed by atoms with Gasteiger partial charge in [0.1, 0.15) is 0 Å². The number of rotatable bonds is 6. The lowest BCUT2D eigenvalue weighted by molar-refractivity contribution is -0.385. The van der Waals surface area contributed by atoms with Crippen molar-refractivity contribution in [1.82, 2.24) is 5.32 Å². The molecule has 8 heteroatoms. The van der Waals surface area contributed by atoms with Gasteiger partial charge in [-0.25, -0.2) is 0 Å². The minimum Gasteiger partial charge on any atom is -0.312 e. The highest BCUT2D eigenvalue weighted by atomic mass is 79.9. The van der Waals surface area contributed by atoms with Crippen LogP contribution in [0.4, 0.5) is 18.9 Å². The Labute approximate surface area is 116 Å². The van der Waals surface area contributed by atoms with Crippen LogP contribution in [0, 0.1) is 10.1 Å². The zero-order chi connectivity index (χ0) is 14.5. The molecule has 0 bridgehead atoms. The Bertz CT molecular complexity index is 452. The third-order valence-corrected chi connectivity index (χ3v) is 2.86. The van der Waals surface area contributed by atoms with E-state index in [1.165, 1.54) is 6.07 Å². The molecule has 0 radical (unpaired) electrons. The van der Waals surface area contributed by atoms with Crippen molar-refractivity contribution in [1.29, 1.82) is 0 Å². The van der Waals surface area contributed by atoms with E-state index >= 15 is 0 Å². The second kappa shape index (κ2) is 6.85. The van der Waals surface area contributed by atoms with Crippen molar-refractivity contribution in [2.75, 3.05) is 6.54 Å². The lowest BCUT2D eigenvalue weighted by atomic mass is 10.2. The zero-order valence-electron chi connectivity index (χ0n) is 9.84. The highest BCUT2D eigenvalue weighted by molar-refractivity contribution is 9.10. The fourth-order valence-corrected chi connectivity index (χ4v) is 1.92. The smallest absolute Gasteiger partial charge is 0.312 e. The van der Waals surface area contributed by atoms with Gasteiger partial charge in [0.15, 0.2) is 0 Å². The molecule has 0 aliphatic heterocycles. The second-order valence-electron chi connectivity index (χ2n) is 3.93. The summed E-state index contributed by atoms with van der Waals surface area (Å²) in [6.07, 6.45) is -5.07. The lowest BCUT2D eigenvalue weighted by Crippen LogP contribution is -2.18. The molecule has 0 unspecified atom stereocenters. The third-order valence-electron chi connectivity index (χ3n) is 2.37. The molecule has 0 aliphatic carbocycles. The molecule has 1 rings (SSSR count). The van der Waals surface area contributed by atoms with Gasteiger partial charge in [-0.3, -0.25) is 10.1 Å². The fourth-order valence-electron chi connectivity index (χ4n) is 1.51. The van der Waals surface area contributed by atoms with Crippen molar-refractivity contribution >= 4 is 21.6 Å². The van der Waals surface area contributed by atoms with E-state index in [1.54, 1.807) is 12.1 Å². The highest BCUT2D eigenvalue weighted by Crippen LogP contribution is 2.23. The van der Waals surface area contributed by atoms with Gasteiger partial charge in [-0.2, -0.15) is 13.2 Å². The van der Waals surface area contributed by atoms with Gasteiger partial charge < -0.3 is 5.32 Å². The first kappa shape index (κ1) is 15.9. The van der Waals surface area contributed by atoms with Crippen molar-refractivity contribution in [2.24, 2.45) is 0 Å². The first-order valence-corrected chi connectivity index (χ1v) is 6.29. The second-order valence-corrected chi connectivity index (χ2v) is 4.84. The summed E-state index contributed by atoms with van der Waals surface area (Å²) in [5.41, 5.74) is 0.387. The maximum atomic E-state index is 11.9. The molecule has 0 saturated carbocycles. The molecule has 0 fully saturated rings. The molecule has 19 heavy (non-hydrogen) atoms. The van der Waals surface area contributed by atoms with E-state index in [-0.39, 0.29) is 25.2 Å². The number of nitrogens with zero attached hydrogens (tertiary/aromatic N) is 1. The van der Waals surface area contributed by atoms with Crippen LogP contribution in [0.25, 0.3) is 0 Å². The van der Waals surface area contributed by atoms with Crippen LogP contribution >= 0.6 is 15.9 Å². The summed E-state index contributed by atoms with van der Waals surface area (Å²) in [5.74, 6) is 0. The maximum Gasteiger partial charge on any atom is 0.389 e. The van der Waals surface area contributed by atoms with Gasteiger partial charge >= 0.3 is 6.18 Å². The molecule has 106 valence electrons. The van der Waals surface area contributed by atoms with E-state index in [2.05, 4.69) is 21.2 Å². The minimum atomic E-state index is -4.16. The average Bonchev–Trinajstić information content (AvgIpc) is 2.26. The Kier molecular flexibility index (Phi) is 5.74. The molecule has 0 saturated heterocycles. The van der Waals surface area contributed by atoms with Crippen LogP contribution in [0.1, 0.15) is 18.4 Å². The summed E-state index contributed by atoms with van der Waals surface area (Å²) >= 11 is 3.20. The summed E-state index contributed by atoms with van der Waals surface area (Å²) in [6, 6.07) is 4.48. The largest absolute Gasteiger partial charge is 0.389 e. The van der Waals surface area contributed by atoms with Gasteiger partial charge in [0.05, 0.1) is 4.92 Å². The van der Waals surface area contributed by atoms with Crippen molar-refractivity contribution in [3.05, 3.63) is 38.3 Å². The van der Waals surface area contributed by atoms with Gasteiger partial charge in [-0.1, -0.05) is 15.9 Å². The van der Waals surface area contributed by atoms with Crippen LogP contribution in [-0.2, 0) is 6.54 Å². The van der Waals surface area contributed by atoms with E-state index in [9.17, 15) is 23.3 Å². The monoisotopic (exact) mass is 340 g/mol. The zero-order valence-corrected chi connectivity index (χ0v) is 11.4. The summed E-state index contributed by atoms with van der Waals surface area (Å²) < 4.78 is 36.4. The number of benzene rings is 1. The Morgan fingerprint density at radius 3 is 2.63 bits per heavy atom. The molecular weight excluding hydrogens is 329 g/mol. The quantitative estimate of drug-likeness (QED) is 0.487. The standard InChI is InChI=1S/C11H12BrF3N2O2/c12-9-2-3-10(17(18)19)8(6-9)7-16-5-1-4-11(13,14)15/h2-3,6,16H,1,4-5,7H2. The van der Waals surface area contributed by atoms with Gasteiger partial charge in [-0.15, -0.1) is 0 Å². The van der Waals surface area contributed by atoms with Crippen molar-refractivity contribution < 1.29 is 18.1 Å². The van der Waals surface area contributed by atoms with Crippen molar-refractivity contribution in [3.8, 4) is 0 Å². The normalized spacial score (nSPS) is 11.6. The predicted octanol–water partition coefficient (Wildman–Crippen LogP) is 3.79. The topological polar surface area (TPSA) is 55.2 Å². The number of nitrogens with one attached hydrogen (secondary N) is 1. The van der Waals surface area contributed by atoms with Gasteiger partial charge in [0, 0.05) is 29.1 Å². The maximum absolute atomic E-state index is 11.9. The molecule has 0 aromatic heterocycles. The van der Waals surface area contributed by atoms with Crippen molar-refractivity contribution in [2.45, 2.75) is 25.6 Å². The van der Waals surface area contributed by atoms with Crippen LogP contribution in [0.3, 0.4) is 0 Å². The van der Waals surface area contributed by atoms with Crippen LogP contribution in [-0.4, -0.2) is 17.6 Å². The number of alkyl halides is 3. The fraction of sp³-hybridized carbons (Fsp3) is 0.455. The number of halogens is 4. The minimum absolute atomic E-state index is 0.0495. The first-order chi connectivity index (χ1) is 8.79. The SMILES string of the molecule is O=[N+]([O-])c1ccc(Br)cc1CNCCCC(F)(F)F. The summed E-state index contributed by atoms with van der Waals surface area (Å²) in [4.78, 5) is 10.3. The Morgan fingerprint density at radius 1 is 1.37 bits per heavy atom. The van der Waals surface area contributed by atoms with Crippen LogP contribution in [0.2, 0.25) is 0 Å². The van der Waals surface area contributed by atoms with Gasteiger partial charge in [0.2, 0.25) is 0 Å². The van der Waals surface area contributed by atoms with Gasteiger partial charge in [0.25, 0.3) is 5.69 Å². The number of nitro groups is 1. The predicted molar refractivity (Wildman–Crippen MR) is 67.8 cm³/mol. The Morgan fingerprint density at radius 2 is 2.05 bits per heavy atom. The molecule has 0 spiro atoms. The lowest BCUT2D eigenvalue weighted by Gasteiger charge is -2.08. The highest BCUT2D eigenvalue weighted by Gasteiger charge is 2.25. The number of hydrogen-bond acceptors (Lipinski definition) is 3. The molecule has 0 aliphatic rings. The van der Waals surface area contributed by atoms with Crippen LogP contribution < -0.4 is 5.32 Å². The van der Waals surface area contributed by atoms with E-state index in [4.69, 9.17) is 0 Å². The summed E-state index contributed by atoms with van der Waals surface area (Å²) in [6.45, 7) is 0.316. The van der Waals surface area contributed by atoms with Crippen molar-refractivity contribution in [3.63, 3.8) is 0 Å². The molecule has 1 N–H and O–H groups in total. The number of nitro benzene ring substituents is 1. The summed E-state index contributed by atoms with van der Waals surface area (Å²) in [7, 11) is 0. The summed E-state index contributed by atoms with van der Waals surface area (Å²) in [5, 5.41) is 13.5. The average molecular weight is 341 g/mol. The van der Waals surface area contributed by atoms with E-state index < -0.39 is 17.5 Å². The molecule has 0 heterocycles. The Balaban J connectivity index is 2.49. The van der Waals surface area contributed by atoms with Gasteiger partial charge in [-0.05, 0) is 25.1 Å². The third kappa shape index (κ3) is 6.02. The molecule has 1 aromatic carbocycles. The molecule has 4 nitrogen and oxygen atoms in total.